The monoisotopic (exact) mass is 502 g/mol. The second-order valence-corrected chi connectivity index (χ2v) is 10.3. The van der Waals surface area contributed by atoms with E-state index in [0.29, 0.717) is 0 Å². The molecule has 0 aliphatic rings. The van der Waals surface area contributed by atoms with Gasteiger partial charge in [-0.15, -0.1) is 0 Å². The van der Waals surface area contributed by atoms with Gasteiger partial charge in [0, 0.05) is 0 Å². The normalized spacial score (nSPS) is 10.8. The Balaban J connectivity index is 2.02. The molecule has 0 unspecified atom stereocenters. The summed E-state index contributed by atoms with van der Waals surface area (Å²) in [7, 11) is 0. The lowest BCUT2D eigenvalue weighted by atomic mass is 10.0. The number of anilines is 4. The molecule has 0 heterocycles. The first-order valence-corrected chi connectivity index (χ1v) is 13.1. The van der Waals surface area contributed by atoms with Crippen molar-refractivity contribution in [3.8, 4) is 0 Å². The topological polar surface area (TPSA) is 54.2 Å². The summed E-state index contributed by atoms with van der Waals surface area (Å²) in [4.78, 5) is 3.96. The predicted molar refractivity (Wildman–Crippen MR) is 163 cm³/mol. The van der Waals surface area contributed by atoms with Crippen LogP contribution in [0, 0.1) is 66.2 Å². The molecular weight excluding hydrogens is 464 g/mol. The van der Waals surface area contributed by atoms with Crippen molar-refractivity contribution in [1.82, 2.24) is 0 Å². The van der Waals surface area contributed by atoms with Gasteiger partial charge in [-0.3, -0.25) is 20.6 Å². The van der Waals surface area contributed by atoms with E-state index in [-0.39, 0.29) is 11.7 Å². The fourth-order valence-corrected chi connectivity index (χ4v) is 5.52. The van der Waals surface area contributed by atoms with Gasteiger partial charge in [-0.05, 0) is 99.9 Å². The van der Waals surface area contributed by atoms with Gasteiger partial charge in [-0.1, -0.05) is 72.8 Å². The van der Waals surface area contributed by atoms with Crippen LogP contribution >= 0.6 is 0 Å². The Hall–Kier alpha value is -4.18. The summed E-state index contributed by atoms with van der Waals surface area (Å²) in [6.45, 7) is 16.6. The molecule has 4 nitrogen and oxygen atoms in total. The van der Waals surface area contributed by atoms with Crippen molar-refractivity contribution in [2.24, 2.45) is 0 Å². The van der Waals surface area contributed by atoms with Crippen molar-refractivity contribution in [2.45, 2.75) is 55.4 Å². The number of amidine groups is 2. The molecule has 4 aromatic carbocycles. The van der Waals surface area contributed by atoms with Crippen LogP contribution < -0.4 is 9.80 Å². The zero-order chi connectivity index (χ0) is 27.7. The summed E-state index contributed by atoms with van der Waals surface area (Å²) in [5.41, 5.74) is 12.3. The molecule has 4 rings (SSSR count). The van der Waals surface area contributed by atoms with E-state index in [1.54, 1.807) is 0 Å². The molecule has 0 atom stereocenters. The van der Waals surface area contributed by atoms with E-state index < -0.39 is 0 Å². The van der Waals surface area contributed by atoms with Crippen LogP contribution in [-0.2, 0) is 0 Å². The first kappa shape index (κ1) is 26.9. The van der Waals surface area contributed by atoms with Crippen LogP contribution in [0.15, 0.2) is 72.8 Å². The van der Waals surface area contributed by atoms with E-state index >= 15 is 0 Å². The molecule has 0 amide bonds. The van der Waals surface area contributed by atoms with E-state index in [1.165, 1.54) is 0 Å². The molecule has 0 spiro atoms. The summed E-state index contributed by atoms with van der Waals surface area (Å²) >= 11 is 0. The fraction of sp³-hybridized carbons (Fsp3) is 0.235. The van der Waals surface area contributed by atoms with Gasteiger partial charge in [0.2, 0.25) is 0 Å². The molecule has 0 radical (unpaired) electrons. The highest BCUT2D eigenvalue weighted by atomic mass is 15.3. The Morgan fingerprint density at radius 2 is 0.526 bits per heavy atom. The van der Waals surface area contributed by atoms with Crippen molar-refractivity contribution in [3.63, 3.8) is 0 Å². The van der Waals surface area contributed by atoms with Gasteiger partial charge in [0.25, 0.3) is 0 Å². The Bertz CT molecular complexity index is 1250. The average Bonchev–Trinajstić information content (AvgIpc) is 2.85. The average molecular weight is 503 g/mol. The molecule has 4 aromatic rings. The number of nitrogens with zero attached hydrogens (tertiary/aromatic N) is 2. The SMILES string of the molecule is Cc1cccc(C)c1N(C(=N)C(=N)N(c1c(C)cccc1C)c1c(C)cccc1C)c1c(C)cccc1C. The smallest absolute Gasteiger partial charge is 0.173 e. The number of hydrogen-bond acceptors (Lipinski definition) is 2. The third-order valence-electron chi connectivity index (χ3n) is 7.32. The zero-order valence-corrected chi connectivity index (χ0v) is 23.8. The number of benzene rings is 4. The largest absolute Gasteiger partial charge is 0.291 e. The van der Waals surface area contributed by atoms with Gasteiger partial charge in [0.15, 0.2) is 11.7 Å². The first-order chi connectivity index (χ1) is 18.0. The van der Waals surface area contributed by atoms with E-state index in [9.17, 15) is 10.8 Å². The maximum absolute atomic E-state index is 9.68. The molecule has 194 valence electrons. The highest BCUT2D eigenvalue weighted by molar-refractivity contribution is 6.50. The quantitative estimate of drug-likeness (QED) is 0.216. The van der Waals surface area contributed by atoms with Crippen LogP contribution in [-0.4, -0.2) is 11.7 Å². The molecule has 4 heteroatoms. The van der Waals surface area contributed by atoms with Crippen molar-refractivity contribution in [3.05, 3.63) is 117 Å². The molecule has 0 saturated carbocycles. The molecular formula is C34H38N4. The lowest BCUT2D eigenvalue weighted by Gasteiger charge is -2.36. The van der Waals surface area contributed by atoms with Crippen molar-refractivity contribution >= 4 is 34.4 Å². The Morgan fingerprint density at radius 3 is 0.684 bits per heavy atom. The van der Waals surface area contributed by atoms with Gasteiger partial charge >= 0.3 is 0 Å². The second-order valence-electron chi connectivity index (χ2n) is 10.3. The minimum absolute atomic E-state index is 0.130. The highest BCUT2D eigenvalue weighted by Gasteiger charge is 2.31. The van der Waals surface area contributed by atoms with Gasteiger partial charge in [0.05, 0.1) is 22.7 Å². The van der Waals surface area contributed by atoms with Crippen LogP contribution in [0.2, 0.25) is 0 Å². The van der Waals surface area contributed by atoms with Gasteiger partial charge < -0.3 is 0 Å². The standard InChI is InChI=1S/C34H38N4/c1-21-13-9-14-22(2)29(21)37(30-23(3)15-10-16-24(30)4)33(35)34(36)38(31-25(5)17-11-18-26(31)6)32-27(7)19-12-20-28(32)8/h9-20,35-36H,1-8H3. The number of rotatable bonds is 4. The maximum atomic E-state index is 9.68. The number of nitrogens with one attached hydrogen (secondary N) is 2. The minimum atomic E-state index is 0.130. The van der Waals surface area contributed by atoms with Crippen LogP contribution in [0.25, 0.3) is 0 Å². The molecule has 0 saturated heterocycles. The Kier molecular flexibility index (Phi) is 7.54. The molecule has 38 heavy (non-hydrogen) atoms. The minimum Gasteiger partial charge on any atom is -0.291 e. The Labute approximate surface area is 227 Å². The van der Waals surface area contributed by atoms with E-state index in [4.69, 9.17) is 0 Å². The zero-order valence-electron chi connectivity index (χ0n) is 23.8. The van der Waals surface area contributed by atoms with Crippen molar-refractivity contribution in [1.29, 1.82) is 10.8 Å². The second kappa shape index (κ2) is 10.7. The fourth-order valence-electron chi connectivity index (χ4n) is 5.52. The predicted octanol–water partition coefficient (Wildman–Crippen LogP) is 9.08. The van der Waals surface area contributed by atoms with Crippen LogP contribution in [0.4, 0.5) is 22.7 Å². The third-order valence-corrected chi connectivity index (χ3v) is 7.32. The van der Waals surface area contributed by atoms with Crippen molar-refractivity contribution in [2.75, 3.05) is 9.80 Å². The van der Waals surface area contributed by atoms with Crippen LogP contribution in [0.1, 0.15) is 44.5 Å². The Morgan fingerprint density at radius 1 is 0.368 bits per heavy atom. The van der Waals surface area contributed by atoms with E-state index in [1.807, 2.05) is 34.1 Å². The van der Waals surface area contributed by atoms with Crippen molar-refractivity contribution < 1.29 is 0 Å². The van der Waals surface area contributed by atoms with Crippen LogP contribution in [0.5, 0.6) is 0 Å². The molecule has 0 aliphatic carbocycles. The number of para-hydroxylation sites is 4. The molecule has 0 bridgehead atoms. The van der Waals surface area contributed by atoms with Crippen LogP contribution in [0.3, 0.4) is 0 Å². The lowest BCUT2D eigenvalue weighted by molar-refractivity contribution is 1.17. The summed E-state index contributed by atoms with van der Waals surface area (Å²) in [5.74, 6) is 0.259. The maximum Gasteiger partial charge on any atom is 0.173 e. The summed E-state index contributed by atoms with van der Waals surface area (Å²) in [5, 5.41) is 19.4. The number of hydrogen-bond donors (Lipinski definition) is 2. The van der Waals surface area contributed by atoms with Gasteiger partial charge in [-0.25, -0.2) is 0 Å². The number of aryl methyl sites for hydroxylation is 8. The highest BCUT2D eigenvalue weighted by Crippen LogP contribution is 2.40. The van der Waals surface area contributed by atoms with E-state index in [0.717, 1.165) is 67.3 Å². The summed E-state index contributed by atoms with van der Waals surface area (Å²) < 4.78 is 0. The molecule has 0 aromatic heterocycles. The first-order valence-electron chi connectivity index (χ1n) is 13.1. The van der Waals surface area contributed by atoms with Gasteiger partial charge in [0.1, 0.15) is 0 Å². The molecule has 0 fully saturated rings. The molecule has 0 aliphatic heterocycles. The summed E-state index contributed by atoms with van der Waals surface area (Å²) in [6, 6.07) is 24.8. The third kappa shape index (κ3) is 4.74. The van der Waals surface area contributed by atoms with E-state index in [2.05, 4.69) is 104 Å². The lowest BCUT2D eigenvalue weighted by Crippen LogP contribution is -2.42. The van der Waals surface area contributed by atoms with Gasteiger partial charge in [-0.2, -0.15) is 0 Å². The summed E-state index contributed by atoms with van der Waals surface area (Å²) in [6.07, 6.45) is 0. The molecule has 2 N–H and O–H groups in total.